The Labute approximate surface area is 200 Å². The number of aromatic nitrogens is 6. The van der Waals surface area contributed by atoms with E-state index in [1.807, 2.05) is 74.8 Å². The Balaban J connectivity index is 1.57. The van der Waals surface area contributed by atoms with E-state index < -0.39 is 0 Å². The van der Waals surface area contributed by atoms with Crippen molar-refractivity contribution in [1.82, 2.24) is 29.3 Å². The van der Waals surface area contributed by atoms with Crippen molar-refractivity contribution in [3.8, 4) is 16.8 Å². The summed E-state index contributed by atoms with van der Waals surface area (Å²) in [6.07, 6.45) is 7.10. The molecule has 6 rings (SSSR count). The van der Waals surface area contributed by atoms with E-state index in [0.29, 0.717) is 11.2 Å². The molecule has 2 N–H and O–H groups in total. The zero-order valence-corrected chi connectivity index (χ0v) is 19.3. The molecule has 6 aromatic rings. The quantitative estimate of drug-likeness (QED) is 0.383. The number of nitrogens with one attached hydrogen (secondary N) is 2. The molecule has 8 heteroatoms. The summed E-state index contributed by atoms with van der Waals surface area (Å²) in [7, 11) is 1.87. The van der Waals surface area contributed by atoms with Gasteiger partial charge >= 0.3 is 0 Å². The molecule has 0 aliphatic heterocycles. The molecule has 2 aromatic carbocycles. The Bertz CT molecular complexity index is 1730. The van der Waals surface area contributed by atoms with Crippen LogP contribution in [0.3, 0.4) is 0 Å². The maximum Gasteiger partial charge on any atom is 0.263 e. The minimum absolute atomic E-state index is 0.0808. The standard InChI is InChI=1S/C27H23N7O/c1-17(32-26-25-22(11-12-28-26)29-16-30-25)23-13-18-7-6-10-21(19-14-31-33(2)15-19)24(18)27(35)34(23)20-8-4-3-5-9-20/h3-17H,1-2H3,(H,28,32)(H,29,30)/t17-/m1/s1. The molecule has 35 heavy (non-hydrogen) atoms. The van der Waals surface area contributed by atoms with Crippen molar-refractivity contribution in [3.05, 3.63) is 102 Å². The molecule has 172 valence electrons. The van der Waals surface area contributed by atoms with Crippen LogP contribution < -0.4 is 10.9 Å². The molecule has 0 saturated carbocycles. The molecule has 0 saturated heterocycles. The molecular weight excluding hydrogens is 438 g/mol. The first-order valence-corrected chi connectivity index (χ1v) is 11.4. The minimum atomic E-state index is -0.232. The van der Waals surface area contributed by atoms with E-state index in [9.17, 15) is 4.79 Å². The van der Waals surface area contributed by atoms with Gasteiger partial charge in [-0.1, -0.05) is 36.4 Å². The largest absolute Gasteiger partial charge is 0.360 e. The van der Waals surface area contributed by atoms with Gasteiger partial charge in [-0.05, 0) is 42.1 Å². The van der Waals surface area contributed by atoms with Gasteiger partial charge in [0.25, 0.3) is 5.56 Å². The predicted molar refractivity (Wildman–Crippen MR) is 138 cm³/mol. The molecule has 1 atom stereocenters. The Hall–Kier alpha value is -4.72. The third-order valence-corrected chi connectivity index (χ3v) is 6.24. The first kappa shape index (κ1) is 20.9. The second kappa shape index (κ2) is 8.25. The van der Waals surface area contributed by atoms with Crippen molar-refractivity contribution in [2.24, 2.45) is 7.05 Å². The maximum absolute atomic E-state index is 14.2. The summed E-state index contributed by atoms with van der Waals surface area (Å²) in [6.45, 7) is 2.03. The van der Waals surface area contributed by atoms with Gasteiger partial charge in [-0.2, -0.15) is 5.10 Å². The number of nitrogens with zero attached hydrogens (tertiary/aromatic N) is 5. The Morgan fingerprint density at radius 2 is 1.89 bits per heavy atom. The zero-order chi connectivity index (χ0) is 23.9. The van der Waals surface area contributed by atoms with Gasteiger partial charge in [0.1, 0.15) is 5.52 Å². The lowest BCUT2D eigenvalue weighted by Crippen LogP contribution is -2.26. The van der Waals surface area contributed by atoms with Crippen molar-refractivity contribution in [2.75, 3.05) is 5.32 Å². The molecule has 0 unspecified atom stereocenters. The van der Waals surface area contributed by atoms with Gasteiger partial charge in [0.05, 0.1) is 29.5 Å². The highest BCUT2D eigenvalue weighted by atomic mass is 16.1. The summed E-state index contributed by atoms with van der Waals surface area (Å²) < 4.78 is 3.53. The number of H-pyrrole nitrogens is 1. The van der Waals surface area contributed by atoms with Gasteiger partial charge < -0.3 is 10.3 Å². The van der Waals surface area contributed by atoms with E-state index >= 15 is 0 Å². The number of imidazole rings is 1. The van der Waals surface area contributed by atoms with Crippen LogP contribution >= 0.6 is 0 Å². The zero-order valence-electron chi connectivity index (χ0n) is 19.3. The number of rotatable bonds is 5. The second-order valence-electron chi connectivity index (χ2n) is 8.54. The lowest BCUT2D eigenvalue weighted by atomic mass is 9.99. The highest BCUT2D eigenvalue weighted by molar-refractivity contribution is 5.96. The van der Waals surface area contributed by atoms with Crippen LogP contribution in [0.5, 0.6) is 0 Å². The van der Waals surface area contributed by atoms with Gasteiger partial charge in [-0.15, -0.1) is 0 Å². The number of aryl methyl sites for hydroxylation is 1. The van der Waals surface area contributed by atoms with Gasteiger partial charge in [-0.3, -0.25) is 14.0 Å². The number of aromatic amines is 1. The summed E-state index contributed by atoms with van der Waals surface area (Å²) in [5.41, 5.74) is 4.97. The van der Waals surface area contributed by atoms with Crippen LogP contribution in [0.25, 0.3) is 38.6 Å². The van der Waals surface area contributed by atoms with E-state index in [4.69, 9.17) is 0 Å². The van der Waals surface area contributed by atoms with Gasteiger partial charge in [0.15, 0.2) is 5.82 Å². The first-order chi connectivity index (χ1) is 17.1. The number of anilines is 1. The summed E-state index contributed by atoms with van der Waals surface area (Å²) in [5.74, 6) is 0.660. The predicted octanol–water partition coefficient (Wildman–Crippen LogP) is 4.84. The summed E-state index contributed by atoms with van der Waals surface area (Å²) in [6, 6.07) is 19.4. The van der Waals surface area contributed by atoms with Crippen LogP contribution in [0.4, 0.5) is 5.82 Å². The normalized spacial score (nSPS) is 12.3. The fraction of sp³-hybridized carbons (Fsp3) is 0.111. The lowest BCUT2D eigenvalue weighted by molar-refractivity contribution is 0.768. The molecule has 8 nitrogen and oxygen atoms in total. The third-order valence-electron chi connectivity index (χ3n) is 6.24. The monoisotopic (exact) mass is 461 g/mol. The molecule has 0 amide bonds. The van der Waals surface area contributed by atoms with Crippen LogP contribution in [-0.2, 0) is 7.05 Å². The number of hydrogen-bond donors (Lipinski definition) is 2. The molecule has 0 spiro atoms. The Morgan fingerprint density at radius 3 is 2.69 bits per heavy atom. The first-order valence-electron chi connectivity index (χ1n) is 11.4. The van der Waals surface area contributed by atoms with Crippen LogP contribution in [0.1, 0.15) is 18.7 Å². The molecule has 0 bridgehead atoms. The molecule has 0 radical (unpaired) electrons. The molecular formula is C27H23N7O. The average Bonchev–Trinajstić information content (AvgIpc) is 3.53. The topological polar surface area (TPSA) is 93.4 Å². The minimum Gasteiger partial charge on any atom is -0.360 e. The van der Waals surface area contributed by atoms with E-state index in [1.54, 1.807) is 28.0 Å². The molecule has 4 aromatic heterocycles. The number of pyridine rings is 2. The summed E-state index contributed by atoms with van der Waals surface area (Å²) in [4.78, 5) is 26.2. The number of para-hydroxylation sites is 1. The van der Waals surface area contributed by atoms with E-state index in [0.717, 1.165) is 38.9 Å². The molecule has 0 aliphatic rings. The fourth-order valence-corrected chi connectivity index (χ4v) is 4.60. The average molecular weight is 462 g/mol. The van der Waals surface area contributed by atoms with Crippen molar-refractivity contribution >= 4 is 27.6 Å². The van der Waals surface area contributed by atoms with Crippen LogP contribution in [0, 0.1) is 0 Å². The fourth-order valence-electron chi connectivity index (χ4n) is 4.60. The van der Waals surface area contributed by atoms with Crippen molar-refractivity contribution in [1.29, 1.82) is 0 Å². The van der Waals surface area contributed by atoms with E-state index in [1.165, 1.54) is 0 Å². The van der Waals surface area contributed by atoms with E-state index in [2.05, 4.69) is 31.4 Å². The maximum atomic E-state index is 14.2. The van der Waals surface area contributed by atoms with Gasteiger partial charge in [-0.25, -0.2) is 9.97 Å². The van der Waals surface area contributed by atoms with Crippen LogP contribution in [-0.4, -0.2) is 29.3 Å². The summed E-state index contributed by atoms with van der Waals surface area (Å²) in [5, 5.41) is 9.31. The Kier molecular flexibility index (Phi) is 4.92. The smallest absolute Gasteiger partial charge is 0.263 e. The van der Waals surface area contributed by atoms with Gasteiger partial charge in [0.2, 0.25) is 0 Å². The third kappa shape index (κ3) is 3.56. The summed E-state index contributed by atoms with van der Waals surface area (Å²) >= 11 is 0. The van der Waals surface area contributed by atoms with Crippen LogP contribution in [0.15, 0.2) is 90.4 Å². The number of hydrogen-bond acceptors (Lipinski definition) is 5. The van der Waals surface area contributed by atoms with Crippen LogP contribution in [0.2, 0.25) is 0 Å². The molecule has 0 aliphatic carbocycles. The highest BCUT2D eigenvalue weighted by Crippen LogP contribution is 2.30. The Morgan fingerprint density at radius 1 is 1.03 bits per heavy atom. The second-order valence-corrected chi connectivity index (χ2v) is 8.54. The van der Waals surface area contributed by atoms with Crippen molar-refractivity contribution < 1.29 is 0 Å². The number of benzene rings is 2. The molecule has 0 fully saturated rings. The van der Waals surface area contributed by atoms with Gasteiger partial charge in [0, 0.05) is 36.4 Å². The molecule has 4 heterocycles. The van der Waals surface area contributed by atoms with E-state index in [-0.39, 0.29) is 11.6 Å². The highest BCUT2D eigenvalue weighted by Gasteiger charge is 2.20. The van der Waals surface area contributed by atoms with Crippen molar-refractivity contribution in [2.45, 2.75) is 13.0 Å². The lowest BCUT2D eigenvalue weighted by Gasteiger charge is -2.22. The number of fused-ring (bicyclic) bond motifs is 2. The van der Waals surface area contributed by atoms with Crippen molar-refractivity contribution in [3.63, 3.8) is 0 Å². The SMILES string of the molecule is C[C@@H](Nc1nccc2[nH]cnc12)c1cc2cccc(-c3cnn(C)c3)c2c(=O)n1-c1ccccc1.